The van der Waals surface area contributed by atoms with E-state index in [2.05, 4.69) is 62.2 Å². The first kappa shape index (κ1) is 24.9. The summed E-state index contributed by atoms with van der Waals surface area (Å²) in [6.45, 7) is 5.89. The first-order valence-electron chi connectivity index (χ1n) is 11.8. The van der Waals surface area contributed by atoms with E-state index in [9.17, 15) is 9.59 Å². The highest BCUT2D eigenvalue weighted by molar-refractivity contribution is 9.10. The Bertz CT molecular complexity index is 1590. The van der Waals surface area contributed by atoms with Crippen molar-refractivity contribution in [3.05, 3.63) is 111 Å². The fourth-order valence-electron chi connectivity index (χ4n) is 4.67. The summed E-state index contributed by atoms with van der Waals surface area (Å²) < 4.78 is 3.02. The Morgan fingerprint density at radius 2 is 1.54 bits per heavy atom. The molecular weight excluding hydrogens is 546 g/mol. The molecule has 5 nitrogen and oxygen atoms in total. The second-order valence-electron chi connectivity index (χ2n) is 8.96. The highest BCUT2D eigenvalue weighted by atomic mass is 79.9. The molecular formula is C30H24BrN3O2S. The maximum absolute atomic E-state index is 13.5. The lowest BCUT2D eigenvalue weighted by molar-refractivity contribution is -0.122. The molecule has 1 aliphatic rings. The SMILES string of the molecule is Cc1cc(Br)ccc1N1C(=O)/C(=C\c2cc(C)n(-c3ccc(-c4ccccc4)cc3)c2C)C(=O)NC1=S. The molecule has 2 amide bonds. The van der Waals surface area contributed by atoms with Gasteiger partial charge in [0.15, 0.2) is 5.11 Å². The van der Waals surface area contributed by atoms with Gasteiger partial charge in [0.1, 0.15) is 5.57 Å². The van der Waals surface area contributed by atoms with Gasteiger partial charge < -0.3 is 4.57 Å². The van der Waals surface area contributed by atoms with Crippen LogP contribution in [0.4, 0.5) is 5.69 Å². The summed E-state index contributed by atoms with van der Waals surface area (Å²) in [5.41, 5.74) is 7.55. The number of carbonyl (C=O) groups excluding carboxylic acids is 2. The number of halogens is 1. The maximum atomic E-state index is 13.5. The lowest BCUT2D eigenvalue weighted by Gasteiger charge is -2.30. The molecule has 0 aliphatic carbocycles. The van der Waals surface area contributed by atoms with Crippen molar-refractivity contribution in [3.8, 4) is 16.8 Å². The molecule has 0 saturated carbocycles. The van der Waals surface area contributed by atoms with E-state index in [-0.39, 0.29) is 10.7 Å². The zero-order chi connectivity index (χ0) is 26.3. The summed E-state index contributed by atoms with van der Waals surface area (Å²) in [6, 6.07) is 26.1. The van der Waals surface area contributed by atoms with Crippen LogP contribution in [-0.4, -0.2) is 21.5 Å². The van der Waals surface area contributed by atoms with E-state index in [1.165, 1.54) is 4.90 Å². The van der Waals surface area contributed by atoms with E-state index in [0.29, 0.717) is 5.69 Å². The van der Waals surface area contributed by atoms with Gasteiger partial charge in [-0.05, 0) is 97.7 Å². The van der Waals surface area contributed by atoms with Gasteiger partial charge in [-0.25, -0.2) is 0 Å². The van der Waals surface area contributed by atoms with Crippen molar-refractivity contribution < 1.29 is 9.59 Å². The second kappa shape index (κ2) is 9.92. The minimum Gasteiger partial charge on any atom is -0.318 e. The average Bonchev–Trinajstić information content (AvgIpc) is 3.16. The number of aryl methyl sites for hydroxylation is 2. The van der Waals surface area contributed by atoms with Crippen LogP contribution in [0.3, 0.4) is 0 Å². The molecule has 2 heterocycles. The molecule has 0 unspecified atom stereocenters. The van der Waals surface area contributed by atoms with Crippen molar-refractivity contribution >= 4 is 56.8 Å². The van der Waals surface area contributed by atoms with Gasteiger partial charge in [0.2, 0.25) is 0 Å². The van der Waals surface area contributed by atoms with Crippen molar-refractivity contribution in [1.82, 2.24) is 9.88 Å². The number of hydrogen-bond acceptors (Lipinski definition) is 3. The quantitative estimate of drug-likeness (QED) is 0.170. The molecule has 37 heavy (non-hydrogen) atoms. The van der Waals surface area contributed by atoms with E-state index in [1.807, 2.05) is 63.2 Å². The number of benzene rings is 3. The van der Waals surface area contributed by atoms with Crippen molar-refractivity contribution in [2.75, 3.05) is 4.90 Å². The number of hydrogen-bond donors (Lipinski definition) is 1. The van der Waals surface area contributed by atoms with Gasteiger partial charge in [0.05, 0.1) is 5.69 Å². The largest absolute Gasteiger partial charge is 0.318 e. The second-order valence-corrected chi connectivity index (χ2v) is 10.3. The fraction of sp³-hybridized carbons (Fsp3) is 0.100. The normalized spacial score (nSPS) is 14.9. The van der Waals surface area contributed by atoms with Gasteiger partial charge in [-0.1, -0.05) is 58.4 Å². The summed E-state index contributed by atoms with van der Waals surface area (Å²) in [6.07, 6.45) is 1.65. The molecule has 1 N–H and O–H groups in total. The lowest BCUT2D eigenvalue weighted by atomic mass is 10.1. The fourth-order valence-corrected chi connectivity index (χ4v) is 5.42. The van der Waals surface area contributed by atoms with Crippen LogP contribution >= 0.6 is 28.1 Å². The summed E-state index contributed by atoms with van der Waals surface area (Å²) in [5, 5.41) is 2.75. The van der Waals surface area contributed by atoms with Gasteiger partial charge >= 0.3 is 0 Å². The zero-order valence-electron chi connectivity index (χ0n) is 20.6. The van der Waals surface area contributed by atoms with Crippen LogP contribution in [-0.2, 0) is 9.59 Å². The van der Waals surface area contributed by atoms with Crippen molar-refractivity contribution in [3.63, 3.8) is 0 Å². The Balaban J connectivity index is 1.50. The summed E-state index contributed by atoms with van der Waals surface area (Å²) in [4.78, 5) is 27.8. The average molecular weight is 571 g/mol. The predicted molar refractivity (Wildman–Crippen MR) is 156 cm³/mol. The Morgan fingerprint density at radius 1 is 0.865 bits per heavy atom. The van der Waals surface area contributed by atoms with E-state index in [1.54, 1.807) is 6.08 Å². The molecule has 7 heteroatoms. The molecule has 1 aromatic heterocycles. The molecule has 1 fully saturated rings. The maximum Gasteiger partial charge on any atom is 0.270 e. The summed E-state index contributed by atoms with van der Waals surface area (Å²) >= 11 is 8.81. The first-order valence-corrected chi connectivity index (χ1v) is 13.0. The van der Waals surface area contributed by atoms with Crippen molar-refractivity contribution in [2.45, 2.75) is 20.8 Å². The van der Waals surface area contributed by atoms with Crippen LogP contribution in [0.5, 0.6) is 0 Å². The number of thiocarbonyl (C=S) groups is 1. The molecule has 3 aromatic carbocycles. The van der Waals surface area contributed by atoms with E-state index in [0.717, 1.165) is 43.8 Å². The van der Waals surface area contributed by atoms with Gasteiger partial charge in [0, 0.05) is 21.5 Å². The number of rotatable bonds is 4. The number of carbonyl (C=O) groups is 2. The van der Waals surface area contributed by atoms with Gasteiger partial charge in [-0.2, -0.15) is 0 Å². The van der Waals surface area contributed by atoms with Crippen LogP contribution in [0.15, 0.2) is 88.9 Å². The molecule has 4 aromatic rings. The van der Waals surface area contributed by atoms with E-state index < -0.39 is 11.8 Å². The van der Waals surface area contributed by atoms with E-state index in [4.69, 9.17) is 12.2 Å². The molecule has 0 bridgehead atoms. The summed E-state index contributed by atoms with van der Waals surface area (Å²) in [5.74, 6) is -0.950. The molecule has 0 radical (unpaired) electrons. The van der Waals surface area contributed by atoms with Crippen LogP contribution < -0.4 is 10.2 Å². The smallest absolute Gasteiger partial charge is 0.270 e. The standard InChI is InChI=1S/C30H24BrN3O2S/c1-18-15-24(31)11-14-27(18)34-29(36)26(28(35)32-30(34)37)17-23-16-19(2)33(20(23)3)25-12-9-22(10-13-25)21-7-5-4-6-8-21/h4-17H,1-3H3,(H,32,35,37)/b26-17-. The van der Waals surface area contributed by atoms with E-state index >= 15 is 0 Å². The number of amides is 2. The van der Waals surface area contributed by atoms with Crippen molar-refractivity contribution in [1.29, 1.82) is 0 Å². The topological polar surface area (TPSA) is 54.3 Å². The summed E-state index contributed by atoms with van der Waals surface area (Å²) in [7, 11) is 0. The van der Waals surface area contributed by atoms with Crippen molar-refractivity contribution in [2.24, 2.45) is 0 Å². The monoisotopic (exact) mass is 569 g/mol. The Morgan fingerprint density at radius 3 is 2.22 bits per heavy atom. The lowest BCUT2D eigenvalue weighted by Crippen LogP contribution is -2.54. The molecule has 184 valence electrons. The number of nitrogens with one attached hydrogen (secondary N) is 1. The Labute approximate surface area is 229 Å². The third kappa shape index (κ3) is 4.68. The van der Waals surface area contributed by atoms with Gasteiger partial charge in [0.25, 0.3) is 11.8 Å². The first-order chi connectivity index (χ1) is 17.7. The molecule has 0 atom stereocenters. The minimum atomic E-state index is -0.502. The predicted octanol–water partition coefficient (Wildman–Crippen LogP) is 6.66. The molecule has 1 aliphatic heterocycles. The van der Waals surface area contributed by atoms with Crippen LogP contribution in [0.25, 0.3) is 22.9 Å². The highest BCUT2D eigenvalue weighted by Gasteiger charge is 2.35. The number of anilines is 1. The number of nitrogens with zero attached hydrogens (tertiary/aromatic N) is 2. The minimum absolute atomic E-state index is 0.0376. The van der Waals surface area contributed by atoms with Gasteiger partial charge in [-0.3, -0.25) is 19.8 Å². The zero-order valence-corrected chi connectivity index (χ0v) is 23.0. The molecule has 5 rings (SSSR count). The third-order valence-corrected chi connectivity index (χ3v) is 7.28. The van der Waals surface area contributed by atoms with Crippen LogP contribution in [0.1, 0.15) is 22.5 Å². The van der Waals surface area contributed by atoms with Crippen LogP contribution in [0.2, 0.25) is 0 Å². The molecule has 0 spiro atoms. The Hall–Kier alpha value is -3.81. The van der Waals surface area contributed by atoms with Crippen LogP contribution in [0, 0.1) is 20.8 Å². The Kier molecular flexibility index (Phi) is 6.67. The highest BCUT2D eigenvalue weighted by Crippen LogP contribution is 2.30. The number of aromatic nitrogens is 1. The van der Waals surface area contributed by atoms with Gasteiger partial charge in [-0.15, -0.1) is 0 Å². The third-order valence-electron chi connectivity index (χ3n) is 6.50. The molecule has 1 saturated heterocycles.